The summed E-state index contributed by atoms with van der Waals surface area (Å²) in [6.45, 7) is 4.43. The highest BCUT2D eigenvalue weighted by molar-refractivity contribution is 5.80. The largest absolute Gasteiger partial charge is 0.409 e. The van der Waals surface area contributed by atoms with Crippen LogP contribution in [0, 0.1) is 5.92 Å². The van der Waals surface area contributed by atoms with Crippen molar-refractivity contribution in [3.05, 3.63) is 35.9 Å². The normalized spacial score (nSPS) is 23.2. The highest BCUT2D eigenvalue weighted by atomic mass is 16.4. The molecule has 0 bridgehead atoms. The Labute approximate surface area is 108 Å². The van der Waals surface area contributed by atoms with E-state index in [0.717, 1.165) is 19.0 Å². The van der Waals surface area contributed by atoms with Gasteiger partial charge in [0.05, 0.1) is 0 Å². The molecule has 0 radical (unpaired) electrons. The topological polar surface area (TPSA) is 61.8 Å². The molecule has 1 aliphatic heterocycles. The summed E-state index contributed by atoms with van der Waals surface area (Å²) in [5.41, 5.74) is 6.92. The Kier molecular flexibility index (Phi) is 4.20. The van der Waals surface area contributed by atoms with Crippen LogP contribution < -0.4 is 5.73 Å². The van der Waals surface area contributed by atoms with Crippen molar-refractivity contribution in [2.24, 2.45) is 16.8 Å². The molecule has 0 spiro atoms. The highest BCUT2D eigenvalue weighted by Crippen LogP contribution is 2.29. The summed E-state index contributed by atoms with van der Waals surface area (Å²) in [7, 11) is 0. The molecular weight excluding hydrogens is 226 g/mol. The van der Waals surface area contributed by atoms with E-state index in [1.807, 2.05) is 18.2 Å². The quantitative estimate of drug-likeness (QED) is 0.371. The van der Waals surface area contributed by atoms with Gasteiger partial charge in [0.1, 0.15) is 5.84 Å². The molecular formula is C14H21N3O. The Morgan fingerprint density at radius 1 is 1.50 bits per heavy atom. The molecule has 0 amide bonds. The lowest BCUT2D eigenvalue weighted by Crippen LogP contribution is -2.30. The first-order valence-corrected chi connectivity index (χ1v) is 6.46. The molecule has 4 heteroatoms. The van der Waals surface area contributed by atoms with Gasteiger partial charge in [-0.1, -0.05) is 42.4 Å². The van der Waals surface area contributed by atoms with Gasteiger partial charge in [-0.2, -0.15) is 0 Å². The third-order valence-corrected chi connectivity index (χ3v) is 3.61. The second kappa shape index (κ2) is 5.87. The van der Waals surface area contributed by atoms with E-state index in [9.17, 15) is 0 Å². The number of nitrogens with zero attached hydrogens (tertiary/aromatic N) is 2. The molecule has 1 heterocycles. The van der Waals surface area contributed by atoms with E-state index in [-0.39, 0.29) is 6.04 Å². The average Bonchev–Trinajstić information content (AvgIpc) is 2.83. The van der Waals surface area contributed by atoms with Crippen molar-refractivity contribution in [2.45, 2.75) is 25.8 Å². The smallest absolute Gasteiger partial charge is 0.141 e. The van der Waals surface area contributed by atoms with Gasteiger partial charge < -0.3 is 10.9 Å². The van der Waals surface area contributed by atoms with Gasteiger partial charge in [0, 0.05) is 19.0 Å². The van der Waals surface area contributed by atoms with Gasteiger partial charge >= 0.3 is 0 Å². The Morgan fingerprint density at radius 3 is 2.78 bits per heavy atom. The van der Waals surface area contributed by atoms with E-state index < -0.39 is 0 Å². The standard InChI is InChI=1S/C14H21N3O/c1-11-7-8-17(10-11)13(9-14(15)16-18)12-5-3-2-4-6-12/h2-6,11,13,18H,7-10H2,1H3,(H2,15,16). The number of hydrogen-bond donors (Lipinski definition) is 2. The highest BCUT2D eigenvalue weighted by Gasteiger charge is 2.27. The monoisotopic (exact) mass is 247 g/mol. The maximum Gasteiger partial charge on any atom is 0.141 e. The molecule has 2 atom stereocenters. The molecule has 1 saturated heterocycles. The molecule has 0 aromatic heterocycles. The van der Waals surface area contributed by atoms with Crippen molar-refractivity contribution in [1.82, 2.24) is 4.90 Å². The molecule has 4 nitrogen and oxygen atoms in total. The summed E-state index contributed by atoms with van der Waals surface area (Å²) >= 11 is 0. The number of likely N-dealkylation sites (tertiary alicyclic amines) is 1. The lowest BCUT2D eigenvalue weighted by atomic mass is 10.0. The average molecular weight is 247 g/mol. The molecule has 3 N–H and O–H groups in total. The summed E-state index contributed by atoms with van der Waals surface area (Å²) in [5.74, 6) is 1.02. The van der Waals surface area contributed by atoms with Crippen molar-refractivity contribution < 1.29 is 5.21 Å². The van der Waals surface area contributed by atoms with Gasteiger partial charge in [-0.05, 0) is 24.4 Å². The van der Waals surface area contributed by atoms with Crippen LogP contribution in [0.3, 0.4) is 0 Å². The van der Waals surface area contributed by atoms with Crippen molar-refractivity contribution in [2.75, 3.05) is 13.1 Å². The Morgan fingerprint density at radius 2 is 2.22 bits per heavy atom. The number of oxime groups is 1. The number of amidine groups is 1. The van der Waals surface area contributed by atoms with E-state index >= 15 is 0 Å². The van der Waals surface area contributed by atoms with Crippen LogP contribution in [0.15, 0.2) is 35.5 Å². The summed E-state index contributed by atoms with van der Waals surface area (Å²) in [6.07, 6.45) is 1.80. The summed E-state index contributed by atoms with van der Waals surface area (Å²) in [4.78, 5) is 2.43. The third-order valence-electron chi connectivity index (χ3n) is 3.61. The van der Waals surface area contributed by atoms with Crippen LogP contribution in [0.5, 0.6) is 0 Å². The maximum atomic E-state index is 8.77. The van der Waals surface area contributed by atoms with Crippen LogP contribution in [0.1, 0.15) is 31.4 Å². The molecule has 1 aromatic rings. The maximum absolute atomic E-state index is 8.77. The van der Waals surface area contributed by atoms with Crippen LogP contribution in [0.25, 0.3) is 0 Å². The summed E-state index contributed by atoms with van der Waals surface area (Å²) in [5, 5.41) is 11.9. The van der Waals surface area contributed by atoms with Gasteiger partial charge in [0.15, 0.2) is 0 Å². The van der Waals surface area contributed by atoms with Crippen LogP contribution in [0.2, 0.25) is 0 Å². The number of nitrogens with two attached hydrogens (primary N) is 1. The van der Waals surface area contributed by atoms with Crippen molar-refractivity contribution in [1.29, 1.82) is 0 Å². The molecule has 18 heavy (non-hydrogen) atoms. The van der Waals surface area contributed by atoms with Crippen LogP contribution in [-0.2, 0) is 0 Å². The predicted molar refractivity (Wildman–Crippen MR) is 72.6 cm³/mol. The summed E-state index contributed by atoms with van der Waals surface area (Å²) < 4.78 is 0. The van der Waals surface area contributed by atoms with E-state index in [1.54, 1.807) is 0 Å². The van der Waals surface area contributed by atoms with Crippen molar-refractivity contribution >= 4 is 5.84 Å². The predicted octanol–water partition coefficient (Wildman–Crippen LogP) is 2.21. The Balaban J connectivity index is 2.18. The molecule has 1 fully saturated rings. The van der Waals surface area contributed by atoms with Gasteiger partial charge in [-0.25, -0.2) is 0 Å². The minimum absolute atomic E-state index is 0.215. The van der Waals surface area contributed by atoms with E-state index in [1.165, 1.54) is 12.0 Å². The van der Waals surface area contributed by atoms with E-state index in [4.69, 9.17) is 10.9 Å². The molecule has 0 aliphatic carbocycles. The minimum atomic E-state index is 0.215. The SMILES string of the molecule is CC1CCN(C(CC(N)=NO)c2ccccc2)C1. The van der Waals surface area contributed by atoms with E-state index in [0.29, 0.717) is 12.3 Å². The van der Waals surface area contributed by atoms with Crippen LogP contribution >= 0.6 is 0 Å². The fourth-order valence-corrected chi connectivity index (χ4v) is 2.62. The van der Waals surface area contributed by atoms with Gasteiger partial charge in [-0.15, -0.1) is 0 Å². The van der Waals surface area contributed by atoms with Gasteiger partial charge in [0.25, 0.3) is 0 Å². The Bertz CT molecular complexity index is 405. The number of rotatable bonds is 4. The van der Waals surface area contributed by atoms with Gasteiger partial charge in [-0.3, -0.25) is 4.90 Å². The first-order valence-electron chi connectivity index (χ1n) is 6.46. The zero-order valence-corrected chi connectivity index (χ0v) is 10.8. The summed E-state index contributed by atoms with van der Waals surface area (Å²) in [6, 6.07) is 10.5. The van der Waals surface area contributed by atoms with E-state index in [2.05, 4.69) is 29.1 Å². The Hall–Kier alpha value is -1.55. The molecule has 1 aliphatic rings. The lowest BCUT2D eigenvalue weighted by Gasteiger charge is -2.27. The van der Waals surface area contributed by atoms with Crippen molar-refractivity contribution in [3.63, 3.8) is 0 Å². The minimum Gasteiger partial charge on any atom is -0.409 e. The number of hydrogen-bond acceptors (Lipinski definition) is 3. The number of benzene rings is 1. The second-order valence-corrected chi connectivity index (χ2v) is 5.11. The van der Waals surface area contributed by atoms with Crippen LogP contribution in [0.4, 0.5) is 0 Å². The lowest BCUT2D eigenvalue weighted by molar-refractivity contribution is 0.240. The second-order valence-electron chi connectivity index (χ2n) is 5.11. The molecule has 2 unspecified atom stereocenters. The first-order chi connectivity index (χ1) is 8.70. The van der Waals surface area contributed by atoms with Crippen molar-refractivity contribution in [3.8, 4) is 0 Å². The fourth-order valence-electron chi connectivity index (χ4n) is 2.62. The van der Waals surface area contributed by atoms with Crippen LogP contribution in [-0.4, -0.2) is 29.0 Å². The zero-order chi connectivity index (χ0) is 13.0. The third kappa shape index (κ3) is 3.01. The molecule has 1 aromatic carbocycles. The molecule has 98 valence electrons. The fraction of sp³-hybridized carbons (Fsp3) is 0.500. The zero-order valence-electron chi connectivity index (χ0n) is 10.8. The first kappa shape index (κ1) is 12.9. The van der Waals surface area contributed by atoms with Gasteiger partial charge in [0.2, 0.25) is 0 Å². The molecule has 2 rings (SSSR count). The molecule has 0 saturated carbocycles.